The van der Waals surface area contributed by atoms with Crippen molar-refractivity contribution in [1.82, 2.24) is 0 Å². The lowest BCUT2D eigenvalue weighted by Gasteiger charge is -2.34. The summed E-state index contributed by atoms with van der Waals surface area (Å²) in [6.07, 6.45) is 1.97. The van der Waals surface area contributed by atoms with Crippen molar-refractivity contribution in [3.05, 3.63) is 69.4 Å². The van der Waals surface area contributed by atoms with Gasteiger partial charge in [-0.3, -0.25) is 0 Å². The molecular formula is C16H14BrFO. The number of hydrogen-bond acceptors (Lipinski definition) is 1. The number of aryl methyl sites for hydroxylation is 1. The quantitative estimate of drug-likeness (QED) is 0.843. The summed E-state index contributed by atoms with van der Waals surface area (Å²) < 4.78 is 14.4. The van der Waals surface area contributed by atoms with Gasteiger partial charge in [-0.05, 0) is 53.8 Å². The Labute approximate surface area is 120 Å². The number of benzene rings is 2. The first kappa shape index (κ1) is 12.8. The molecule has 2 aromatic rings. The van der Waals surface area contributed by atoms with Crippen LogP contribution in [-0.2, 0) is 18.4 Å². The van der Waals surface area contributed by atoms with Gasteiger partial charge in [0.2, 0.25) is 0 Å². The monoisotopic (exact) mass is 320 g/mol. The molecule has 3 heteroatoms. The fraction of sp³-hybridized carbons (Fsp3) is 0.250. The minimum atomic E-state index is -0.955. The Morgan fingerprint density at radius 1 is 1.11 bits per heavy atom. The van der Waals surface area contributed by atoms with Gasteiger partial charge in [-0.25, -0.2) is 4.39 Å². The van der Waals surface area contributed by atoms with Crippen LogP contribution in [0.2, 0.25) is 0 Å². The van der Waals surface area contributed by atoms with Gasteiger partial charge in [-0.2, -0.15) is 0 Å². The summed E-state index contributed by atoms with van der Waals surface area (Å²) in [5.41, 5.74) is 2.11. The standard InChI is InChI=1S/C16H14BrFO/c17-14-5-4-12-10-16(19,7-6-11(12)8-14)13-2-1-3-15(18)9-13/h1-5,8-9,19H,6-7,10H2. The maximum absolute atomic E-state index is 13.3. The highest BCUT2D eigenvalue weighted by molar-refractivity contribution is 9.10. The summed E-state index contributed by atoms with van der Waals surface area (Å²) in [6, 6.07) is 12.4. The van der Waals surface area contributed by atoms with Crippen LogP contribution in [0.25, 0.3) is 0 Å². The van der Waals surface area contributed by atoms with E-state index < -0.39 is 5.60 Å². The fourth-order valence-electron chi connectivity index (χ4n) is 2.77. The molecule has 2 aromatic carbocycles. The van der Waals surface area contributed by atoms with Gasteiger partial charge >= 0.3 is 0 Å². The Hall–Kier alpha value is -1.19. The highest BCUT2D eigenvalue weighted by Crippen LogP contribution is 2.37. The predicted molar refractivity (Wildman–Crippen MR) is 76.5 cm³/mol. The first-order valence-corrected chi connectivity index (χ1v) is 7.12. The minimum Gasteiger partial charge on any atom is -0.385 e. The molecule has 98 valence electrons. The second kappa shape index (κ2) is 4.73. The smallest absolute Gasteiger partial charge is 0.123 e. The SMILES string of the molecule is OC1(c2cccc(F)c2)CCc2cc(Br)ccc2C1. The third-order valence-corrected chi connectivity index (χ3v) is 4.31. The summed E-state index contributed by atoms with van der Waals surface area (Å²) in [5, 5.41) is 10.8. The summed E-state index contributed by atoms with van der Waals surface area (Å²) in [4.78, 5) is 0. The molecule has 1 aliphatic carbocycles. The molecule has 1 aliphatic rings. The molecule has 0 amide bonds. The first-order chi connectivity index (χ1) is 9.07. The Kier molecular flexibility index (Phi) is 3.19. The van der Waals surface area contributed by atoms with Crippen molar-refractivity contribution in [2.45, 2.75) is 24.9 Å². The summed E-state index contributed by atoms with van der Waals surface area (Å²) >= 11 is 3.46. The van der Waals surface area contributed by atoms with Crippen molar-refractivity contribution in [3.8, 4) is 0 Å². The van der Waals surface area contributed by atoms with Crippen molar-refractivity contribution >= 4 is 15.9 Å². The van der Waals surface area contributed by atoms with Gasteiger partial charge in [0.15, 0.2) is 0 Å². The molecule has 0 aliphatic heterocycles. The Morgan fingerprint density at radius 3 is 2.74 bits per heavy atom. The molecule has 0 spiro atoms. The third kappa shape index (κ3) is 2.45. The second-order valence-electron chi connectivity index (χ2n) is 5.13. The van der Waals surface area contributed by atoms with E-state index in [1.807, 2.05) is 12.1 Å². The van der Waals surface area contributed by atoms with E-state index in [1.54, 1.807) is 12.1 Å². The molecule has 0 fully saturated rings. The minimum absolute atomic E-state index is 0.299. The molecular weight excluding hydrogens is 307 g/mol. The van der Waals surface area contributed by atoms with Crippen LogP contribution in [0.4, 0.5) is 4.39 Å². The second-order valence-corrected chi connectivity index (χ2v) is 6.05. The number of hydrogen-bond donors (Lipinski definition) is 1. The van der Waals surface area contributed by atoms with Gasteiger partial charge in [0, 0.05) is 10.9 Å². The van der Waals surface area contributed by atoms with Crippen LogP contribution in [0.5, 0.6) is 0 Å². The number of halogens is 2. The summed E-state index contributed by atoms with van der Waals surface area (Å²) in [6.45, 7) is 0. The molecule has 0 saturated carbocycles. The van der Waals surface area contributed by atoms with Crippen molar-refractivity contribution in [3.63, 3.8) is 0 Å². The van der Waals surface area contributed by atoms with Crippen molar-refractivity contribution < 1.29 is 9.50 Å². The van der Waals surface area contributed by atoms with E-state index >= 15 is 0 Å². The molecule has 0 saturated heterocycles. The largest absolute Gasteiger partial charge is 0.385 e. The topological polar surface area (TPSA) is 20.2 Å². The molecule has 0 radical (unpaired) electrons. The lowest BCUT2D eigenvalue weighted by molar-refractivity contribution is 0.0219. The molecule has 0 heterocycles. The zero-order valence-electron chi connectivity index (χ0n) is 10.4. The van der Waals surface area contributed by atoms with E-state index in [4.69, 9.17) is 0 Å². The lowest BCUT2D eigenvalue weighted by atomic mass is 9.76. The normalized spacial score (nSPS) is 22.1. The molecule has 1 N–H and O–H groups in total. The maximum Gasteiger partial charge on any atom is 0.123 e. The molecule has 1 atom stereocenters. The number of aliphatic hydroxyl groups is 1. The summed E-state index contributed by atoms with van der Waals surface area (Å²) in [5.74, 6) is -0.299. The van der Waals surface area contributed by atoms with Crippen LogP contribution in [-0.4, -0.2) is 5.11 Å². The molecule has 3 rings (SSSR count). The first-order valence-electron chi connectivity index (χ1n) is 6.33. The Morgan fingerprint density at radius 2 is 1.95 bits per heavy atom. The molecule has 1 nitrogen and oxygen atoms in total. The molecule has 1 unspecified atom stereocenters. The van der Waals surface area contributed by atoms with Crippen LogP contribution in [0.15, 0.2) is 46.9 Å². The average molecular weight is 321 g/mol. The van der Waals surface area contributed by atoms with E-state index in [1.165, 1.54) is 17.7 Å². The highest BCUT2D eigenvalue weighted by Gasteiger charge is 2.34. The third-order valence-electron chi connectivity index (χ3n) is 3.82. The molecule has 0 aromatic heterocycles. The zero-order valence-corrected chi connectivity index (χ0v) is 12.0. The van der Waals surface area contributed by atoms with Crippen LogP contribution in [0, 0.1) is 5.82 Å². The summed E-state index contributed by atoms with van der Waals surface area (Å²) in [7, 11) is 0. The number of rotatable bonds is 1. The van der Waals surface area contributed by atoms with Gasteiger partial charge < -0.3 is 5.11 Å². The van der Waals surface area contributed by atoms with Gasteiger partial charge in [0.25, 0.3) is 0 Å². The van der Waals surface area contributed by atoms with E-state index in [0.29, 0.717) is 18.4 Å². The van der Waals surface area contributed by atoms with Crippen molar-refractivity contribution in [1.29, 1.82) is 0 Å². The highest BCUT2D eigenvalue weighted by atomic mass is 79.9. The van der Waals surface area contributed by atoms with E-state index in [0.717, 1.165) is 16.5 Å². The Balaban J connectivity index is 1.98. The van der Waals surface area contributed by atoms with Gasteiger partial charge in [0.05, 0.1) is 5.60 Å². The predicted octanol–water partition coefficient (Wildman–Crippen LogP) is 3.96. The molecule has 0 bridgehead atoms. The van der Waals surface area contributed by atoms with Gasteiger partial charge in [0.1, 0.15) is 5.82 Å². The average Bonchev–Trinajstić information content (AvgIpc) is 2.39. The van der Waals surface area contributed by atoms with Gasteiger partial charge in [-0.15, -0.1) is 0 Å². The van der Waals surface area contributed by atoms with Crippen molar-refractivity contribution in [2.75, 3.05) is 0 Å². The van der Waals surface area contributed by atoms with E-state index in [9.17, 15) is 9.50 Å². The van der Waals surface area contributed by atoms with Crippen LogP contribution < -0.4 is 0 Å². The van der Waals surface area contributed by atoms with Gasteiger partial charge in [-0.1, -0.05) is 34.1 Å². The zero-order chi connectivity index (χ0) is 13.5. The lowest BCUT2D eigenvalue weighted by Crippen LogP contribution is -2.33. The van der Waals surface area contributed by atoms with Crippen LogP contribution in [0.1, 0.15) is 23.1 Å². The Bertz CT molecular complexity index is 626. The number of fused-ring (bicyclic) bond motifs is 1. The van der Waals surface area contributed by atoms with E-state index in [2.05, 4.69) is 22.0 Å². The van der Waals surface area contributed by atoms with Crippen LogP contribution in [0.3, 0.4) is 0 Å². The maximum atomic E-state index is 13.3. The molecule has 19 heavy (non-hydrogen) atoms. The fourth-order valence-corrected chi connectivity index (χ4v) is 3.18. The van der Waals surface area contributed by atoms with Crippen molar-refractivity contribution in [2.24, 2.45) is 0 Å². The van der Waals surface area contributed by atoms with E-state index in [-0.39, 0.29) is 5.82 Å². The van der Waals surface area contributed by atoms with Crippen LogP contribution >= 0.6 is 15.9 Å².